The second-order valence-electron chi connectivity index (χ2n) is 5.33. The van der Waals surface area contributed by atoms with Crippen molar-refractivity contribution >= 4 is 5.97 Å². The van der Waals surface area contributed by atoms with Crippen LogP contribution in [0.5, 0.6) is 0 Å². The van der Waals surface area contributed by atoms with E-state index in [1.54, 1.807) is 0 Å². The summed E-state index contributed by atoms with van der Waals surface area (Å²) in [6, 6.07) is 16.5. The van der Waals surface area contributed by atoms with Gasteiger partial charge in [0, 0.05) is 6.42 Å². The fourth-order valence-electron chi connectivity index (χ4n) is 2.33. The molecule has 0 aliphatic carbocycles. The summed E-state index contributed by atoms with van der Waals surface area (Å²) >= 11 is 0. The van der Waals surface area contributed by atoms with Gasteiger partial charge >= 0.3 is 5.97 Å². The lowest BCUT2D eigenvalue weighted by molar-refractivity contribution is -0.136. The first kappa shape index (κ1) is 14.3. The van der Waals surface area contributed by atoms with Crippen molar-refractivity contribution in [3.05, 3.63) is 59.7 Å². The molecule has 0 bridgehead atoms. The summed E-state index contributed by atoms with van der Waals surface area (Å²) in [5, 5.41) is 8.85. The molecule has 20 heavy (non-hydrogen) atoms. The molecule has 0 atom stereocenters. The standard InChI is InChI=1S/C18H20O2/c1-13(2)15-7-5-8-16(12-15)17-9-4-3-6-14(17)10-11-18(19)20/h3-9,12-13H,10-11H2,1-2H3,(H,19,20). The molecule has 0 saturated heterocycles. The third kappa shape index (κ3) is 3.47. The molecule has 0 aliphatic rings. The summed E-state index contributed by atoms with van der Waals surface area (Å²) in [5.41, 5.74) is 4.69. The molecule has 0 amide bonds. The van der Waals surface area contributed by atoms with E-state index >= 15 is 0 Å². The number of hydrogen-bond acceptors (Lipinski definition) is 1. The highest BCUT2D eigenvalue weighted by molar-refractivity contribution is 5.71. The van der Waals surface area contributed by atoms with Gasteiger partial charge in [-0.05, 0) is 34.6 Å². The van der Waals surface area contributed by atoms with Gasteiger partial charge in [-0.25, -0.2) is 0 Å². The van der Waals surface area contributed by atoms with Crippen LogP contribution in [0.25, 0.3) is 11.1 Å². The van der Waals surface area contributed by atoms with Crippen LogP contribution in [0.15, 0.2) is 48.5 Å². The van der Waals surface area contributed by atoms with Crippen molar-refractivity contribution in [2.45, 2.75) is 32.6 Å². The molecule has 0 aliphatic heterocycles. The van der Waals surface area contributed by atoms with Crippen LogP contribution in [0.3, 0.4) is 0 Å². The first-order chi connectivity index (χ1) is 9.58. The molecule has 2 heteroatoms. The number of carboxylic acid groups (broad SMARTS) is 1. The fourth-order valence-corrected chi connectivity index (χ4v) is 2.33. The van der Waals surface area contributed by atoms with Crippen molar-refractivity contribution in [2.75, 3.05) is 0 Å². The number of aryl methyl sites for hydroxylation is 1. The molecule has 104 valence electrons. The van der Waals surface area contributed by atoms with Crippen molar-refractivity contribution in [1.29, 1.82) is 0 Å². The lowest BCUT2D eigenvalue weighted by Crippen LogP contribution is -1.99. The molecule has 0 unspecified atom stereocenters. The van der Waals surface area contributed by atoms with Gasteiger partial charge in [0.05, 0.1) is 0 Å². The van der Waals surface area contributed by atoms with E-state index in [2.05, 4.69) is 44.2 Å². The lowest BCUT2D eigenvalue weighted by Gasteiger charge is -2.12. The Labute approximate surface area is 120 Å². The second kappa shape index (κ2) is 6.38. The summed E-state index contributed by atoms with van der Waals surface area (Å²) in [5.74, 6) is -0.267. The van der Waals surface area contributed by atoms with Crippen LogP contribution in [0, 0.1) is 0 Å². The quantitative estimate of drug-likeness (QED) is 0.867. The van der Waals surface area contributed by atoms with Gasteiger partial charge in [-0.15, -0.1) is 0 Å². The largest absolute Gasteiger partial charge is 0.481 e. The molecule has 0 fully saturated rings. The van der Waals surface area contributed by atoms with Gasteiger partial charge in [-0.1, -0.05) is 62.4 Å². The highest BCUT2D eigenvalue weighted by atomic mass is 16.4. The Kier molecular flexibility index (Phi) is 4.57. The highest BCUT2D eigenvalue weighted by Gasteiger charge is 2.08. The maximum absolute atomic E-state index is 10.8. The van der Waals surface area contributed by atoms with Gasteiger partial charge in [0.25, 0.3) is 0 Å². The van der Waals surface area contributed by atoms with Gasteiger partial charge in [0.1, 0.15) is 0 Å². The zero-order valence-corrected chi connectivity index (χ0v) is 12.0. The molecule has 0 aromatic heterocycles. The molecular weight excluding hydrogens is 248 g/mol. The van der Waals surface area contributed by atoms with Gasteiger partial charge in [-0.2, -0.15) is 0 Å². The fraction of sp³-hybridized carbons (Fsp3) is 0.278. The minimum absolute atomic E-state index is 0.168. The number of rotatable bonds is 5. The van der Waals surface area contributed by atoms with Crippen LogP contribution >= 0.6 is 0 Å². The van der Waals surface area contributed by atoms with E-state index in [-0.39, 0.29) is 6.42 Å². The van der Waals surface area contributed by atoms with Crippen molar-refractivity contribution in [1.82, 2.24) is 0 Å². The van der Waals surface area contributed by atoms with Crippen LogP contribution in [0.2, 0.25) is 0 Å². The first-order valence-corrected chi connectivity index (χ1v) is 6.98. The van der Waals surface area contributed by atoms with Gasteiger partial charge in [-0.3, -0.25) is 4.79 Å². The molecule has 0 saturated carbocycles. The van der Waals surface area contributed by atoms with Gasteiger partial charge < -0.3 is 5.11 Å². The van der Waals surface area contributed by atoms with Crippen molar-refractivity contribution in [3.8, 4) is 11.1 Å². The van der Waals surface area contributed by atoms with Gasteiger partial charge in [0.15, 0.2) is 0 Å². The Balaban J connectivity index is 2.36. The predicted octanol–water partition coefficient (Wildman–Crippen LogP) is 4.49. The molecule has 0 heterocycles. The first-order valence-electron chi connectivity index (χ1n) is 6.98. The zero-order chi connectivity index (χ0) is 14.5. The summed E-state index contributed by atoms with van der Waals surface area (Å²) in [4.78, 5) is 10.8. The molecule has 2 aromatic carbocycles. The van der Waals surface area contributed by atoms with E-state index in [9.17, 15) is 4.79 Å². The molecule has 0 spiro atoms. The van der Waals surface area contributed by atoms with E-state index in [1.807, 2.05) is 18.2 Å². The average Bonchev–Trinajstić information content (AvgIpc) is 2.45. The van der Waals surface area contributed by atoms with E-state index in [0.717, 1.165) is 16.7 Å². The van der Waals surface area contributed by atoms with Crippen LogP contribution in [-0.2, 0) is 11.2 Å². The van der Waals surface area contributed by atoms with E-state index < -0.39 is 5.97 Å². The number of benzene rings is 2. The monoisotopic (exact) mass is 268 g/mol. The van der Waals surface area contributed by atoms with Crippen molar-refractivity contribution in [3.63, 3.8) is 0 Å². The Morgan fingerprint density at radius 2 is 1.85 bits per heavy atom. The Morgan fingerprint density at radius 1 is 1.10 bits per heavy atom. The minimum atomic E-state index is -0.754. The van der Waals surface area contributed by atoms with Crippen molar-refractivity contribution < 1.29 is 9.90 Å². The van der Waals surface area contributed by atoms with Crippen LogP contribution in [0.4, 0.5) is 0 Å². The summed E-state index contributed by atoms with van der Waals surface area (Å²) in [6.45, 7) is 4.35. The third-order valence-corrected chi connectivity index (χ3v) is 3.49. The van der Waals surface area contributed by atoms with Gasteiger partial charge in [0.2, 0.25) is 0 Å². The maximum Gasteiger partial charge on any atom is 0.303 e. The number of carbonyl (C=O) groups is 1. The lowest BCUT2D eigenvalue weighted by atomic mass is 9.93. The highest BCUT2D eigenvalue weighted by Crippen LogP contribution is 2.27. The molecule has 2 nitrogen and oxygen atoms in total. The Morgan fingerprint density at radius 3 is 2.55 bits per heavy atom. The summed E-state index contributed by atoms with van der Waals surface area (Å²) in [6.07, 6.45) is 0.734. The maximum atomic E-state index is 10.8. The molecule has 1 N–H and O–H groups in total. The Bertz CT molecular complexity index is 600. The molecule has 0 radical (unpaired) electrons. The van der Waals surface area contributed by atoms with E-state index in [4.69, 9.17) is 5.11 Å². The number of hydrogen-bond donors (Lipinski definition) is 1. The van der Waals surface area contributed by atoms with Crippen LogP contribution < -0.4 is 0 Å². The smallest absolute Gasteiger partial charge is 0.303 e. The SMILES string of the molecule is CC(C)c1cccc(-c2ccccc2CCC(=O)O)c1. The number of aliphatic carboxylic acids is 1. The second-order valence-corrected chi connectivity index (χ2v) is 5.33. The summed E-state index contributed by atoms with van der Waals surface area (Å²) < 4.78 is 0. The number of carboxylic acids is 1. The van der Waals surface area contributed by atoms with E-state index in [1.165, 1.54) is 5.56 Å². The van der Waals surface area contributed by atoms with Crippen LogP contribution in [0.1, 0.15) is 37.3 Å². The molecule has 2 aromatic rings. The molecule has 2 rings (SSSR count). The zero-order valence-electron chi connectivity index (χ0n) is 12.0. The average molecular weight is 268 g/mol. The topological polar surface area (TPSA) is 37.3 Å². The van der Waals surface area contributed by atoms with Crippen LogP contribution in [-0.4, -0.2) is 11.1 Å². The summed E-state index contributed by atoms with van der Waals surface area (Å²) in [7, 11) is 0. The molecular formula is C18H20O2. The Hall–Kier alpha value is -2.09. The predicted molar refractivity (Wildman–Crippen MR) is 81.9 cm³/mol. The van der Waals surface area contributed by atoms with Crippen molar-refractivity contribution in [2.24, 2.45) is 0 Å². The normalized spacial score (nSPS) is 10.8. The minimum Gasteiger partial charge on any atom is -0.481 e. The third-order valence-electron chi connectivity index (χ3n) is 3.49. The van der Waals surface area contributed by atoms with E-state index in [0.29, 0.717) is 12.3 Å².